The first-order valence-electron chi connectivity index (χ1n) is 6.77. The van der Waals surface area contributed by atoms with Gasteiger partial charge in [-0.05, 0) is 25.1 Å². The minimum absolute atomic E-state index is 0.116. The van der Waals surface area contributed by atoms with Gasteiger partial charge in [-0.3, -0.25) is 19.7 Å². The van der Waals surface area contributed by atoms with Crippen LogP contribution in [0.25, 0.3) is 0 Å². The summed E-state index contributed by atoms with van der Waals surface area (Å²) in [4.78, 5) is 33.0. The predicted molar refractivity (Wildman–Crippen MR) is 83.6 cm³/mol. The number of nitrogens with zero attached hydrogens (tertiary/aromatic N) is 1. The van der Waals surface area contributed by atoms with E-state index in [0.29, 0.717) is 23.3 Å². The van der Waals surface area contributed by atoms with Crippen molar-refractivity contribution in [2.24, 2.45) is 0 Å². The van der Waals surface area contributed by atoms with E-state index in [2.05, 4.69) is 5.32 Å². The molecule has 0 spiro atoms. The molecule has 2 aromatic carbocycles. The van der Waals surface area contributed by atoms with E-state index in [1.54, 1.807) is 31.2 Å². The van der Waals surface area contributed by atoms with Gasteiger partial charge in [-0.1, -0.05) is 18.2 Å². The summed E-state index contributed by atoms with van der Waals surface area (Å²) in [6.07, 6.45) is -0.156. The van der Waals surface area contributed by atoms with Gasteiger partial charge in [0.15, 0.2) is 6.10 Å². The molecule has 7 heteroatoms. The maximum absolute atomic E-state index is 12.1. The van der Waals surface area contributed by atoms with Crippen LogP contribution in [0.1, 0.15) is 17.3 Å². The number of benzene rings is 2. The largest absolute Gasteiger partial charge is 0.481 e. The summed E-state index contributed by atoms with van der Waals surface area (Å²) in [5.74, 6) is -0.0710. The lowest BCUT2D eigenvalue weighted by Gasteiger charge is -2.15. The summed E-state index contributed by atoms with van der Waals surface area (Å²) in [5, 5.41) is 13.3. The standard InChI is InChI=1S/C16H14N2O5/c1-11(23-15-7-2-4-12(8-15)10-19)16(20)17-13-5-3-6-14(9-13)18(21)22/h2-11H,1H3,(H,17,20). The van der Waals surface area contributed by atoms with E-state index in [-0.39, 0.29) is 5.69 Å². The molecule has 1 N–H and O–H groups in total. The zero-order valence-electron chi connectivity index (χ0n) is 12.3. The van der Waals surface area contributed by atoms with Crippen molar-refractivity contribution in [3.8, 4) is 5.75 Å². The Hall–Kier alpha value is -3.22. The third-order valence-corrected chi connectivity index (χ3v) is 3.00. The second kappa shape index (κ2) is 7.17. The number of hydrogen-bond acceptors (Lipinski definition) is 5. The number of aldehydes is 1. The lowest BCUT2D eigenvalue weighted by Crippen LogP contribution is -2.30. The first-order chi connectivity index (χ1) is 11.0. The molecule has 0 radical (unpaired) electrons. The molecule has 0 aliphatic heterocycles. The first kappa shape index (κ1) is 16.2. The first-order valence-corrected chi connectivity index (χ1v) is 6.77. The average molecular weight is 314 g/mol. The van der Waals surface area contributed by atoms with Gasteiger partial charge in [0, 0.05) is 23.4 Å². The lowest BCUT2D eigenvalue weighted by atomic mass is 10.2. The molecule has 0 heterocycles. The van der Waals surface area contributed by atoms with Gasteiger partial charge in [0.05, 0.1) is 4.92 Å². The van der Waals surface area contributed by atoms with Crippen molar-refractivity contribution in [2.75, 3.05) is 5.32 Å². The molecule has 2 rings (SSSR count). The molecule has 0 fully saturated rings. The molecule has 1 atom stereocenters. The summed E-state index contributed by atoms with van der Waals surface area (Å²) < 4.78 is 5.46. The third kappa shape index (κ3) is 4.37. The van der Waals surface area contributed by atoms with Crippen molar-refractivity contribution in [3.05, 3.63) is 64.2 Å². The van der Waals surface area contributed by atoms with E-state index >= 15 is 0 Å². The van der Waals surface area contributed by atoms with Gasteiger partial charge < -0.3 is 10.1 Å². The lowest BCUT2D eigenvalue weighted by molar-refractivity contribution is -0.384. The van der Waals surface area contributed by atoms with E-state index in [1.165, 1.54) is 24.3 Å². The number of hydrogen-bond donors (Lipinski definition) is 1. The number of nitro groups is 1. The molecular weight excluding hydrogens is 300 g/mol. The number of nitro benzene ring substituents is 1. The summed E-state index contributed by atoms with van der Waals surface area (Å²) in [6.45, 7) is 1.54. The molecule has 0 aliphatic rings. The van der Waals surface area contributed by atoms with E-state index in [0.717, 1.165) is 0 Å². The molecule has 1 amide bonds. The molecule has 0 bridgehead atoms. The Morgan fingerprint density at radius 1 is 1.26 bits per heavy atom. The van der Waals surface area contributed by atoms with Gasteiger partial charge in [0.2, 0.25) is 0 Å². The van der Waals surface area contributed by atoms with Gasteiger partial charge >= 0.3 is 0 Å². The molecular formula is C16H14N2O5. The van der Waals surface area contributed by atoms with Crippen LogP contribution in [0.4, 0.5) is 11.4 Å². The number of nitrogens with one attached hydrogen (secondary N) is 1. The Balaban J connectivity index is 2.03. The van der Waals surface area contributed by atoms with Crippen molar-refractivity contribution >= 4 is 23.6 Å². The topological polar surface area (TPSA) is 98.5 Å². The molecule has 2 aromatic rings. The van der Waals surface area contributed by atoms with Crippen LogP contribution >= 0.6 is 0 Å². The number of ether oxygens (including phenoxy) is 1. The van der Waals surface area contributed by atoms with Crippen molar-refractivity contribution in [3.63, 3.8) is 0 Å². The number of non-ortho nitro benzene ring substituents is 1. The molecule has 7 nitrogen and oxygen atoms in total. The Bertz CT molecular complexity index is 745. The molecule has 0 aliphatic carbocycles. The zero-order chi connectivity index (χ0) is 16.8. The van der Waals surface area contributed by atoms with E-state index < -0.39 is 16.9 Å². The van der Waals surface area contributed by atoms with Crippen LogP contribution in [0, 0.1) is 10.1 Å². The smallest absolute Gasteiger partial charge is 0.271 e. The minimum Gasteiger partial charge on any atom is -0.481 e. The monoisotopic (exact) mass is 314 g/mol. The highest BCUT2D eigenvalue weighted by Crippen LogP contribution is 2.18. The number of carbonyl (C=O) groups is 2. The van der Waals surface area contributed by atoms with E-state index in [9.17, 15) is 19.7 Å². The maximum Gasteiger partial charge on any atom is 0.271 e. The second-order valence-electron chi connectivity index (χ2n) is 4.75. The molecule has 0 saturated carbocycles. The number of rotatable bonds is 6. The fraction of sp³-hybridized carbons (Fsp3) is 0.125. The SMILES string of the molecule is CC(Oc1cccc(C=O)c1)C(=O)Nc1cccc([N+](=O)[O-])c1. The van der Waals surface area contributed by atoms with Crippen molar-refractivity contribution in [1.82, 2.24) is 0 Å². The molecule has 1 unspecified atom stereocenters. The van der Waals surface area contributed by atoms with Gasteiger partial charge in [-0.2, -0.15) is 0 Å². The van der Waals surface area contributed by atoms with Crippen LogP contribution in [0.2, 0.25) is 0 Å². The van der Waals surface area contributed by atoms with Gasteiger partial charge in [-0.25, -0.2) is 0 Å². The van der Waals surface area contributed by atoms with E-state index in [4.69, 9.17) is 4.74 Å². The fourth-order valence-corrected chi connectivity index (χ4v) is 1.86. The highest BCUT2D eigenvalue weighted by atomic mass is 16.6. The number of amides is 1. The number of anilines is 1. The van der Waals surface area contributed by atoms with Gasteiger partial charge in [-0.15, -0.1) is 0 Å². The summed E-state index contributed by atoms with van der Waals surface area (Å²) in [6, 6.07) is 12.0. The van der Waals surface area contributed by atoms with Gasteiger partial charge in [0.25, 0.3) is 11.6 Å². The van der Waals surface area contributed by atoms with Crippen molar-refractivity contribution < 1.29 is 19.2 Å². The summed E-state index contributed by atoms with van der Waals surface area (Å²) in [5.41, 5.74) is 0.630. The van der Waals surface area contributed by atoms with Crippen LogP contribution in [-0.2, 0) is 4.79 Å². The van der Waals surface area contributed by atoms with E-state index in [1.807, 2.05) is 0 Å². The maximum atomic E-state index is 12.1. The Labute approximate surface area is 132 Å². The normalized spacial score (nSPS) is 11.3. The van der Waals surface area contributed by atoms with Crippen LogP contribution in [0.3, 0.4) is 0 Å². The average Bonchev–Trinajstić information content (AvgIpc) is 2.55. The predicted octanol–water partition coefficient (Wildman–Crippen LogP) is 2.81. The summed E-state index contributed by atoms with van der Waals surface area (Å²) >= 11 is 0. The molecule has 118 valence electrons. The third-order valence-electron chi connectivity index (χ3n) is 3.00. The quantitative estimate of drug-likeness (QED) is 0.502. The van der Waals surface area contributed by atoms with Crippen molar-refractivity contribution in [1.29, 1.82) is 0 Å². The Morgan fingerprint density at radius 2 is 2.00 bits per heavy atom. The van der Waals surface area contributed by atoms with Crippen LogP contribution in [0.15, 0.2) is 48.5 Å². The fourth-order valence-electron chi connectivity index (χ4n) is 1.86. The molecule has 0 saturated heterocycles. The Morgan fingerprint density at radius 3 is 2.70 bits per heavy atom. The van der Waals surface area contributed by atoms with Crippen LogP contribution in [0.5, 0.6) is 5.75 Å². The van der Waals surface area contributed by atoms with Crippen LogP contribution < -0.4 is 10.1 Å². The molecule has 23 heavy (non-hydrogen) atoms. The van der Waals surface area contributed by atoms with Gasteiger partial charge in [0.1, 0.15) is 12.0 Å². The Kier molecular flexibility index (Phi) is 5.03. The summed E-state index contributed by atoms with van der Waals surface area (Å²) in [7, 11) is 0. The zero-order valence-corrected chi connectivity index (χ0v) is 12.3. The molecule has 0 aromatic heterocycles. The second-order valence-corrected chi connectivity index (χ2v) is 4.75. The highest BCUT2D eigenvalue weighted by molar-refractivity contribution is 5.94. The number of carbonyl (C=O) groups excluding carboxylic acids is 2. The van der Waals surface area contributed by atoms with Crippen molar-refractivity contribution in [2.45, 2.75) is 13.0 Å². The minimum atomic E-state index is -0.837. The highest BCUT2D eigenvalue weighted by Gasteiger charge is 2.16. The van der Waals surface area contributed by atoms with Crippen LogP contribution in [-0.4, -0.2) is 23.2 Å².